The quantitative estimate of drug-likeness (QED) is 0.338. The number of hydrogen-bond donors (Lipinski definition) is 2. The molecule has 40 heavy (non-hydrogen) atoms. The molecule has 1 atom stereocenters. The standard InChI is InChI=1S/C28H34F3N5O3S/c1-16-10-12-36(13-11-16)23-19(7-9-22(34-23)28(29,30)31)15-32-24(37)17(2)18-6-8-20-21(14-18)40-25(33-20)35-26(38)39-27(3,4)5/h6-9,14,16-17H,10-13,15H2,1-5H3,(H,32,37)(H,33,35,38). The van der Waals surface area contributed by atoms with Crippen LogP contribution in [0.3, 0.4) is 0 Å². The van der Waals surface area contributed by atoms with E-state index in [4.69, 9.17) is 4.74 Å². The molecule has 1 unspecified atom stereocenters. The summed E-state index contributed by atoms with van der Waals surface area (Å²) in [5.74, 6) is -0.0265. The number of carbonyl (C=O) groups excluding carboxylic acids is 2. The summed E-state index contributed by atoms with van der Waals surface area (Å²) in [5, 5.41) is 5.89. The zero-order valence-electron chi connectivity index (χ0n) is 23.2. The number of ether oxygens (including phenoxy) is 1. The van der Waals surface area contributed by atoms with E-state index in [-0.39, 0.29) is 18.3 Å². The molecule has 12 heteroatoms. The van der Waals surface area contributed by atoms with Gasteiger partial charge in [0.1, 0.15) is 17.1 Å². The van der Waals surface area contributed by atoms with E-state index in [1.54, 1.807) is 39.8 Å². The van der Waals surface area contributed by atoms with Gasteiger partial charge >= 0.3 is 12.3 Å². The Morgan fingerprint density at radius 1 is 1.12 bits per heavy atom. The van der Waals surface area contributed by atoms with Crippen LogP contribution in [-0.2, 0) is 22.3 Å². The molecule has 3 aromatic rings. The van der Waals surface area contributed by atoms with Gasteiger partial charge in [0.25, 0.3) is 0 Å². The third-order valence-electron chi connectivity index (χ3n) is 6.70. The number of carbonyl (C=O) groups is 2. The van der Waals surface area contributed by atoms with Gasteiger partial charge in [-0.15, -0.1) is 0 Å². The third-order valence-corrected chi connectivity index (χ3v) is 7.63. The highest BCUT2D eigenvalue weighted by atomic mass is 32.1. The van der Waals surface area contributed by atoms with Crippen molar-refractivity contribution in [3.05, 3.63) is 47.2 Å². The molecular weight excluding hydrogens is 543 g/mol. The fraction of sp³-hybridized carbons (Fsp3) is 0.500. The topological polar surface area (TPSA) is 96.5 Å². The molecule has 2 amide bonds. The molecule has 2 N–H and O–H groups in total. The number of halogens is 3. The Morgan fingerprint density at radius 3 is 2.48 bits per heavy atom. The molecule has 0 saturated carbocycles. The van der Waals surface area contributed by atoms with Crippen LogP contribution in [0, 0.1) is 5.92 Å². The Hall–Kier alpha value is -3.41. The van der Waals surface area contributed by atoms with E-state index in [0.717, 1.165) is 29.2 Å². The third kappa shape index (κ3) is 7.41. The number of pyridine rings is 1. The Balaban J connectivity index is 1.46. The van der Waals surface area contributed by atoms with Crippen LogP contribution >= 0.6 is 11.3 Å². The number of alkyl halides is 3. The van der Waals surface area contributed by atoms with Crippen LogP contribution in [-0.4, -0.2) is 40.7 Å². The van der Waals surface area contributed by atoms with E-state index in [1.807, 2.05) is 11.0 Å². The molecule has 0 spiro atoms. The molecule has 2 aromatic heterocycles. The number of thiazole rings is 1. The van der Waals surface area contributed by atoms with E-state index in [2.05, 4.69) is 27.5 Å². The summed E-state index contributed by atoms with van der Waals surface area (Å²) >= 11 is 1.27. The Labute approximate surface area is 235 Å². The summed E-state index contributed by atoms with van der Waals surface area (Å²) in [4.78, 5) is 35.4. The van der Waals surface area contributed by atoms with E-state index < -0.39 is 29.5 Å². The Kier molecular flexibility index (Phi) is 8.57. The van der Waals surface area contributed by atoms with Gasteiger partial charge in [0.05, 0.1) is 16.1 Å². The number of nitrogens with zero attached hydrogens (tertiary/aromatic N) is 3. The number of rotatable bonds is 6. The van der Waals surface area contributed by atoms with Gasteiger partial charge in [-0.3, -0.25) is 10.1 Å². The van der Waals surface area contributed by atoms with Crippen LogP contribution in [0.5, 0.6) is 0 Å². The highest BCUT2D eigenvalue weighted by molar-refractivity contribution is 7.22. The predicted octanol–water partition coefficient (Wildman–Crippen LogP) is 6.71. The van der Waals surface area contributed by atoms with E-state index in [0.29, 0.717) is 35.2 Å². The minimum Gasteiger partial charge on any atom is -0.444 e. The summed E-state index contributed by atoms with van der Waals surface area (Å²) in [6, 6.07) is 7.78. The van der Waals surface area contributed by atoms with Gasteiger partial charge in [-0.1, -0.05) is 30.4 Å². The van der Waals surface area contributed by atoms with Crippen LogP contribution in [0.25, 0.3) is 10.2 Å². The maximum Gasteiger partial charge on any atom is 0.433 e. The fourth-order valence-corrected chi connectivity index (χ4v) is 5.31. The number of fused-ring (bicyclic) bond motifs is 1. The largest absolute Gasteiger partial charge is 0.444 e. The lowest BCUT2D eigenvalue weighted by Crippen LogP contribution is -2.35. The maximum atomic E-state index is 13.4. The number of amides is 2. The van der Waals surface area contributed by atoms with Crippen molar-refractivity contribution in [3.63, 3.8) is 0 Å². The van der Waals surface area contributed by atoms with Crippen LogP contribution in [0.4, 0.5) is 28.9 Å². The van der Waals surface area contributed by atoms with Gasteiger partial charge in [0.2, 0.25) is 5.91 Å². The molecule has 1 saturated heterocycles. The fourth-order valence-electron chi connectivity index (χ4n) is 4.41. The average molecular weight is 578 g/mol. The van der Waals surface area contributed by atoms with Gasteiger partial charge in [0, 0.05) is 25.2 Å². The lowest BCUT2D eigenvalue weighted by Gasteiger charge is -2.33. The number of nitrogens with one attached hydrogen (secondary N) is 2. The van der Waals surface area contributed by atoms with Gasteiger partial charge in [-0.05, 0) is 70.2 Å². The van der Waals surface area contributed by atoms with Crippen LogP contribution in [0.1, 0.15) is 70.2 Å². The Morgan fingerprint density at radius 2 is 1.82 bits per heavy atom. The van der Waals surface area contributed by atoms with Crippen LogP contribution in [0.2, 0.25) is 0 Å². The predicted molar refractivity (Wildman–Crippen MR) is 150 cm³/mol. The van der Waals surface area contributed by atoms with Crippen molar-refractivity contribution in [2.24, 2.45) is 5.92 Å². The first kappa shape index (κ1) is 29.6. The monoisotopic (exact) mass is 577 g/mol. The number of hydrogen-bond acceptors (Lipinski definition) is 7. The second kappa shape index (κ2) is 11.6. The lowest BCUT2D eigenvalue weighted by molar-refractivity contribution is -0.141. The van der Waals surface area contributed by atoms with E-state index in [9.17, 15) is 22.8 Å². The van der Waals surface area contributed by atoms with Gasteiger partial charge < -0.3 is 15.0 Å². The summed E-state index contributed by atoms with van der Waals surface area (Å²) < 4.78 is 46.2. The van der Waals surface area contributed by atoms with Crippen molar-refractivity contribution in [2.75, 3.05) is 23.3 Å². The molecule has 1 aliphatic heterocycles. The van der Waals surface area contributed by atoms with Crippen LogP contribution in [0.15, 0.2) is 30.3 Å². The minimum absolute atomic E-state index is 0.0580. The van der Waals surface area contributed by atoms with E-state index >= 15 is 0 Å². The maximum absolute atomic E-state index is 13.4. The highest BCUT2D eigenvalue weighted by Crippen LogP contribution is 2.33. The molecule has 0 radical (unpaired) electrons. The molecule has 8 nitrogen and oxygen atoms in total. The molecular formula is C28H34F3N5O3S. The molecule has 1 fully saturated rings. The van der Waals surface area contributed by atoms with E-state index in [1.165, 1.54) is 17.4 Å². The van der Waals surface area contributed by atoms with Gasteiger partial charge in [-0.2, -0.15) is 13.2 Å². The van der Waals surface area contributed by atoms with Crippen LogP contribution < -0.4 is 15.5 Å². The first-order valence-corrected chi connectivity index (χ1v) is 14.0. The lowest BCUT2D eigenvalue weighted by atomic mass is 9.98. The second-order valence-corrected chi connectivity index (χ2v) is 12.2. The molecule has 1 aromatic carbocycles. The second-order valence-electron chi connectivity index (χ2n) is 11.2. The molecule has 0 bridgehead atoms. The summed E-state index contributed by atoms with van der Waals surface area (Å²) in [5.41, 5.74) is 0.374. The molecule has 216 valence electrons. The van der Waals surface area contributed by atoms with Gasteiger partial charge in [0.15, 0.2) is 5.13 Å². The van der Waals surface area contributed by atoms with Gasteiger partial charge in [-0.25, -0.2) is 14.8 Å². The molecule has 1 aliphatic rings. The normalized spacial score (nSPS) is 15.7. The van der Waals surface area contributed by atoms with Crippen molar-refractivity contribution < 1.29 is 27.5 Å². The first-order valence-electron chi connectivity index (χ1n) is 13.2. The Bertz CT molecular complexity index is 1380. The number of benzene rings is 1. The molecule has 0 aliphatic carbocycles. The van der Waals surface area contributed by atoms with Crippen molar-refractivity contribution in [1.82, 2.24) is 15.3 Å². The highest BCUT2D eigenvalue weighted by Gasteiger charge is 2.34. The summed E-state index contributed by atoms with van der Waals surface area (Å²) in [7, 11) is 0. The number of anilines is 2. The van der Waals surface area contributed by atoms with Crippen molar-refractivity contribution in [3.8, 4) is 0 Å². The summed E-state index contributed by atoms with van der Waals surface area (Å²) in [6.45, 7) is 10.5. The SMILES string of the molecule is CC1CCN(c2nc(C(F)(F)F)ccc2CNC(=O)C(C)c2ccc3nc(NC(=O)OC(C)(C)C)sc3c2)CC1. The van der Waals surface area contributed by atoms with Crippen molar-refractivity contribution in [1.29, 1.82) is 0 Å². The average Bonchev–Trinajstić information content (AvgIpc) is 3.26. The first-order chi connectivity index (χ1) is 18.7. The number of piperidine rings is 1. The zero-order chi connectivity index (χ0) is 29.2. The minimum atomic E-state index is -4.55. The van der Waals surface area contributed by atoms with Crippen molar-refractivity contribution >= 4 is 44.5 Å². The molecule has 3 heterocycles. The smallest absolute Gasteiger partial charge is 0.433 e. The summed E-state index contributed by atoms with van der Waals surface area (Å²) in [6.07, 6.45) is -3.41. The van der Waals surface area contributed by atoms with Crippen molar-refractivity contribution in [2.45, 2.75) is 71.7 Å². The number of aromatic nitrogens is 2. The molecule has 4 rings (SSSR count). The zero-order valence-corrected chi connectivity index (χ0v) is 24.0.